The zero-order chi connectivity index (χ0) is 23.1. The molecule has 1 aliphatic heterocycles. The van der Waals surface area contributed by atoms with E-state index in [1.165, 1.54) is 29.5 Å². The fourth-order valence-electron chi connectivity index (χ4n) is 4.36. The Bertz CT molecular complexity index is 1060. The highest BCUT2D eigenvalue weighted by Crippen LogP contribution is 2.31. The second-order valence-electron chi connectivity index (χ2n) is 8.65. The predicted octanol–water partition coefficient (Wildman–Crippen LogP) is 5.22. The van der Waals surface area contributed by atoms with Gasteiger partial charge in [-0.25, -0.2) is 8.42 Å². The molecular formula is C27H32N2O3S. The van der Waals surface area contributed by atoms with E-state index in [9.17, 15) is 8.42 Å². The van der Waals surface area contributed by atoms with Gasteiger partial charge in [-0.1, -0.05) is 72.8 Å². The molecule has 4 rings (SSSR count). The third kappa shape index (κ3) is 6.90. The van der Waals surface area contributed by atoms with Crippen LogP contribution >= 0.6 is 0 Å². The maximum absolute atomic E-state index is 11.4. The van der Waals surface area contributed by atoms with Gasteiger partial charge in [-0.05, 0) is 54.5 Å². The zero-order valence-electron chi connectivity index (χ0n) is 19.1. The summed E-state index contributed by atoms with van der Waals surface area (Å²) in [7, 11) is -3.26. The number of ether oxygens (including phenoxy) is 1. The lowest BCUT2D eigenvalue weighted by molar-refractivity contribution is -0.105. The Kier molecular flexibility index (Phi) is 7.81. The Balaban J connectivity index is 1.44. The Hall–Kier alpha value is -2.67. The minimum Gasteiger partial charge on any atom is -0.350 e. The molecule has 1 saturated heterocycles. The Morgan fingerprint density at radius 1 is 0.909 bits per heavy atom. The van der Waals surface area contributed by atoms with Crippen molar-refractivity contribution in [2.24, 2.45) is 0 Å². The fourth-order valence-corrected chi connectivity index (χ4v) is 4.92. The van der Waals surface area contributed by atoms with Crippen molar-refractivity contribution in [1.82, 2.24) is 4.90 Å². The molecule has 1 atom stereocenters. The number of rotatable bonds is 9. The van der Waals surface area contributed by atoms with Gasteiger partial charge in [-0.3, -0.25) is 9.62 Å². The molecule has 6 heteroatoms. The first-order valence-electron chi connectivity index (χ1n) is 11.5. The number of piperidine rings is 1. The highest BCUT2D eigenvalue weighted by Gasteiger charge is 2.27. The number of nitrogens with one attached hydrogen (secondary N) is 1. The summed E-state index contributed by atoms with van der Waals surface area (Å²) in [4.78, 5) is 2.45. The van der Waals surface area contributed by atoms with Crippen LogP contribution in [0, 0.1) is 0 Å². The van der Waals surface area contributed by atoms with Gasteiger partial charge in [0.25, 0.3) is 0 Å². The minimum atomic E-state index is -3.26. The Labute approximate surface area is 197 Å². The summed E-state index contributed by atoms with van der Waals surface area (Å²) in [5.41, 5.74) is 4.11. The molecular weight excluding hydrogens is 432 g/mol. The molecule has 0 bridgehead atoms. The van der Waals surface area contributed by atoms with Gasteiger partial charge in [0.1, 0.15) is 12.3 Å². The van der Waals surface area contributed by atoms with E-state index in [2.05, 4.69) is 58.2 Å². The molecule has 0 saturated carbocycles. The van der Waals surface area contributed by atoms with Crippen LogP contribution in [-0.2, 0) is 21.2 Å². The molecule has 1 heterocycles. The van der Waals surface area contributed by atoms with E-state index in [1.807, 2.05) is 36.4 Å². The lowest BCUT2D eigenvalue weighted by Gasteiger charge is -2.38. The van der Waals surface area contributed by atoms with Crippen LogP contribution in [0.25, 0.3) is 0 Å². The van der Waals surface area contributed by atoms with E-state index >= 15 is 0 Å². The standard InChI is InChI=1S/C27H32N2O3S/c1-33(30,31)28-25-17-15-22(16-18-25)19-21-29-20-9-8-14-26(29)32-27(23-10-4-2-5-11-23)24-12-6-3-7-13-24/h2-7,10-13,15-18,26-28H,8-9,14,19-21H2,1H3. The number of sulfonamides is 1. The summed E-state index contributed by atoms with van der Waals surface area (Å²) >= 11 is 0. The second-order valence-corrected chi connectivity index (χ2v) is 10.4. The molecule has 3 aromatic rings. The molecule has 0 aliphatic carbocycles. The molecule has 174 valence electrons. The number of benzene rings is 3. The van der Waals surface area contributed by atoms with Crippen molar-refractivity contribution in [2.45, 2.75) is 38.0 Å². The van der Waals surface area contributed by atoms with Crippen LogP contribution in [0.1, 0.15) is 42.1 Å². The highest BCUT2D eigenvalue weighted by atomic mass is 32.2. The summed E-state index contributed by atoms with van der Waals surface area (Å²) in [6, 6.07) is 28.5. The van der Waals surface area contributed by atoms with E-state index in [1.54, 1.807) is 0 Å². The van der Waals surface area contributed by atoms with Crippen molar-refractivity contribution in [3.8, 4) is 0 Å². The van der Waals surface area contributed by atoms with E-state index in [4.69, 9.17) is 4.74 Å². The second kappa shape index (κ2) is 11.0. The first kappa shape index (κ1) is 23.5. The van der Waals surface area contributed by atoms with Crippen molar-refractivity contribution in [3.63, 3.8) is 0 Å². The maximum atomic E-state index is 11.4. The Morgan fingerprint density at radius 3 is 2.09 bits per heavy atom. The normalized spacial score (nSPS) is 17.2. The molecule has 5 nitrogen and oxygen atoms in total. The van der Waals surface area contributed by atoms with Gasteiger partial charge in [-0.15, -0.1) is 0 Å². The Morgan fingerprint density at radius 2 is 1.52 bits per heavy atom. The van der Waals surface area contributed by atoms with Crippen LogP contribution in [0.3, 0.4) is 0 Å². The number of nitrogens with zero attached hydrogens (tertiary/aromatic N) is 1. The minimum absolute atomic E-state index is 0.0651. The third-order valence-electron chi connectivity index (χ3n) is 6.00. The molecule has 0 radical (unpaired) electrons. The van der Waals surface area contributed by atoms with E-state index in [0.29, 0.717) is 5.69 Å². The number of anilines is 1. The van der Waals surface area contributed by atoms with Crippen LogP contribution in [-0.4, -0.2) is 38.9 Å². The molecule has 3 aromatic carbocycles. The molecule has 0 aromatic heterocycles. The van der Waals surface area contributed by atoms with Gasteiger partial charge in [0.05, 0.1) is 6.26 Å². The largest absolute Gasteiger partial charge is 0.350 e. The molecule has 1 N–H and O–H groups in total. The molecule has 1 fully saturated rings. The van der Waals surface area contributed by atoms with Crippen molar-refractivity contribution in [2.75, 3.05) is 24.1 Å². The summed E-state index contributed by atoms with van der Waals surface area (Å²) in [5.74, 6) is 0. The van der Waals surface area contributed by atoms with Gasteiger partial charge < -0.3 is 4.74 Å². The van der Waals surface area contributed by atoms with Crippen LogP contribution in [0.4, 0.5) is 5.69 Å². The van der Waals surface area contributed by atoms with Crippen molar-refractivity contribution in [1.29, 1.82) is 0 Å². The van der Waals surface area contributed by atoms with Gasteiger partial charge in [0.15, 0.2) is 0 Å². The first-order chi connectivity index (χ1) is 16.0. The number of likely N-dealkylation sites (tertiary alicyclic amines) is 1. The van der Waals surface area contributed by atoms with E-state index < -0.39 is 10.0 Å². The first-order valence-corrected chi connectivity index (χ1v) is 13.4. The van der Waals surface area contributed by atoms with Crippen molar-refractivity contribution >= 4 is 15.7 Å². The SMILES string of the molecule is CS(=O)(=O)Nc1ccc(CCN2CCCCC2OC(c2ccccc2)c2ccccc2)cc1. The molecule has 0 spiro atoms. The average molecular weight is 465 g/mol. The number of hydrogen-bond acceptors (Lipinski definition) is 4. The summed E-state index contributed by atoms with van der Waals surface area (Å²) in [5, 5.41) is 0. The van der Waals surface area contributed by atoms with Gasteiger partial charge in [0, 0.05) is 18.8 Å². The highest BCUT2D eigenvalue weighted by molar-refractivity contribution is 7.92. The van der Waals surface area contributed by atoms with Crippen LogP contribution in [0.2, 0.25) is 0 Å². The van der Waals surface area contributed by atoms with Gasteiger partial charge in [-0.2, -0.15) is 0 Å². The monoisotopic (exact) mass is 464 g/mol. The van der Waals surface area contributed by atoms with Gasteiger partial charge in [0.2, 0.25) is 10.0 Å². The van der Waals surface area contributed by atoms with E-state index in [0.717, 1.165) is 32.2 Å². The van der Waals surface area contributed by atoms with Crippen molar-refractivity contribution in [3.05, 3.63) is 102 Å². The third-order valence-corrected chi connectivity index (χ3v) is 6.60. The average Bonchev–Trinajstić information content (AvgIpc) is 2.83. The van der Waals surface area contributed by atoms with Crippen LogP contribution in [0.5, 0.6) is 0 Å². The maximum Gasteiger partial charge on any atom is 0.229 e. The molecule has 33 heavy (non-hydrogen) atoms. The predicted molar refractivity (Wildman–Crippen MR) is 134 cm³/mol. The zero-order valence-corrected chi connectivity index (χ0v) is 19.9. The summed E-state index contributed by atoms with van der Waals surface area (Å²) < 4.78 is 32.1. The molecule has 1 aliphatic rings. The lowest BCUT2D eigenvalue weighted by Crippen LogP contribution is -2.43. The smallest absolute Gasteiger partial charge is 0.229 e. The fraction of sp³-hybridized carbons (Fsp3) is 0.333. The quantitative estimate of drug-likeness (QED) is 0.472. The number of hydrogen-bond donors (Lipinski definition) is 1. The molecule has 1 unspecified atom stereocenters. The van der Waals surface area contributed by atoms with Crippen LogP contribution in [0.15, 0.2) is 84.9 Å². The summed E-state index contributed by atoms with van der Waals surface area (Å²) in [6.07, 6.45) is 5.39. The topological polar surface area (TPSA) is 58.6 Å². The summed E-state index contributed by atoms with van der Waals surface area (Å²) in [6.45, 7) is 1.93. The molecule has 0 amide bonds. The van der Waals surface area contributed by atoms with E-state index in [-0.39, 0.29) is 12.3 Å². The lowest BCUT2D eigenvalue weighted by atomic mass is 10.0. The van der Waals surface area contributed by atoms with Crippen molar-refractivity contribution < 1.29 is 13.2 Å². The van der Waals surface area contributed by atoms with Crippen LogP contribution < -0.4 is 4.72 Å². The van der Waals surface area contributed by atoms with Gasteiger partial charge >= 0.3 is 0 Å².